The molecule has 31 heavy (non-hydrogen) atoms. The molecule has 2 heterocycles. The molecular formula is C26H47NO4. The number of rotatable bonds is 5. The second kappa shape index (κ2) is 12.1. The Bertz CT molecular complexity index is 582. The maximum absolute atomic E-state index is 12.4. The van der Waals surface area contributed by atoms with Crippen LogP contribution in [0.25, 0.3) is 0 Å². The van der Waals surface area contributed by atoms with Gasteiger partial charge in [0.1, 0.15) is 5.60 Å². The molecule has 2 aliphatic heterocycles. The summed E-state index contributed by atoms with van der Waals surface area (Å²) < 4.78 is 11.3. The second-order valence-electron chi connectivity index (χ2n) is 10.6. The summed E-state index contributed by atoms with van der Waals surface area (Å²) in [4.78, 5) is 14.1. The minimum atomic E-state index is -0.551. The van der Waals surface area contributed by atoms with Gasteiger partial charge in [0.15, 0.2) is 0 Å². The van der Waals surface area contributed by atoms with Crippen LogP contribution in [0.4, 0.5) is 4.79 Å². The van der Waals surface area contributed by atoms with Gasteiger partial charge < -0.3 is 14.6 Å². The standard InChI is InChI=1S/C15H27NO3.C11H20O/c1-7-8-12-10(2)9-13(11(3)17)16(12)14(18)19-15(4,5)6;1-5-6-11-9(3)7-8(2)10(4)12-11/h7,10-13,17H,1,8-9H2,2-6H3;5,8-11H,1,6-7H2,2-4H3/t10-,11+,12?,13?;8-,9+,10-,11+/m01/s1. The van der Waals surface area contributed by atoms with E-state index in [2.05, 4.69) is 40.9 Å². The van der Waals surface area contributed by atoms with E-state index in [0.29, 0.717) is 30.0 Å². The fourth-order valence-corrected chi connectivity index (χ4v) is 4.63. The van der Waals surface area contributed by atoms with E-state index in [-0.39, 0.29) is 18.2 Å². The van der Waals surface area contributed by atoms with Crippen LogP contribution in [0, 0.1) is 17.8 Å². The van der Waals surface area contributed by atoms with Crippen LogP contribution in [0.1, 0.15) is 81.1 Å². The first-order chi connectivity index (χ1) is 14.3. The molecule has 1 N–H and O–H groups in total. The van der Waals surface area contributed by atoms with Gasteiger partial charge in [0.2, 0.25) is 0 Å². The predicted octanol–water partition coefficient (Wildman–Crippen LogP) is 5.97. The number of nitrogens with zero attached hydrogens (tertiary/aromatic N) is 1. The van der Waals surface area contributed by atoms with Crippen molar-refractivity contribution in [2.45, 2.75) is 117 Å². The first-order valence-corrected chi connectivity index (χ1v) is 11.9. The van der Waals surface area contributed by atoms with Crippen LogP contribution in [0.5, 0.6) is 0 Å². The van der Waals surface area contributed by atoms with E-state index in [1.54, 1.807) is 11.8 Å². The molecule has 2 unspecified atom stereocenters. The van der Waals surface area contributed by atoms with Crippen molar-refractivity contribution in [2.75, 3.05) is 0 Å². The first-order valence-electron chi connectivity index (χ1n) is 11.9. The van der Waals surface area contributed by atoms with E-state index in [1.165, 1.54) is 6.42 Å². The lowest BCUT2D eigenvalue weighted by molar-refractivity contribution is -0.0957. The van der Waals surface area contributed by atoms with Crippen molar-refractivity contribution < 1.29 is 19.4 Å². The smallest absolute Gasteiger partial charge is 0.410 e. The van der Waals surface area contributed by atoms with Gasteiger partial charge in [0, 0.05) is 6.04 Å². The molecule has 0 spiro atoms. The summed E-state index contributed by atoms with van der Waals surface area (Å²) in [6.07, 6.45) is 7.54. The molecule has 0 aromatic heterocycles. The van der Waals surface area contributed by atoms with Crippen molar-refractivity contribution in [3.8, 4) is 0 Å². The van der Waals surface area contributed by atoms with Crippen molar-refractivity contribution in [3.63, 3.8) is 0 Å². The number of likely N-dealkylation sites (tertiary alicyclic amines) is 1. The number of hydrogen-bond acceptors (Lipinski definition) is 4. The Balaban J connectivity index is 0.000000343. The van der Waals surface area contributed by atoms with Gasteiger partial charge in [-0.05, 0) is 78.1 Å². The fourth-order valence-electron chi connectivity index (χ4n) is 4.63. The van der Waals surface area contributed by atoms with Gasteiger partial charge in [-0.1, -0.05) is 32.9 Å². The summed E-state index contributed by atoms with van der Waals surface area (Å²) in [5, 5.41) is 9.90. The third kappa shape index (κ3) is 8.27. The van der Waals surface area contributed by atoms with Gasteiger partial charge >= 0.3 is 6.09 Å². The lowest BCUT2D eigenvalue weighted by atomic mass is 9.85. The van der Waals surface area contributed by atoms with Crippen LogP contribution in [-0.2, 0) is 9.47 Å². The zero-order chi connectivity index (χ0) is 23.9. The van der Waals surface area contributed by atoms with Crippen molar-refractivity contribution in [3.05, 3.63) is 25.3 Å². The molecule has 0 aliphatic carbocycles. The number of amides is 1. The van der Waals surface area contributed by atoms with E-state index in [1.807, 2.05) is 32.9 Å². The van der Waals surface area contributed by atoms with Crippen LogP contribution in [0.3, 0.4) is 0 Å². The zero-order valence-corrected chi connectivity index (χ0v) is 21.1. The quantitative estimate of drug-likeness (QED) is 0.538. The van der Waals surface area contributed by atoms with Crippen LogP contribution in [0.15, 0.2) is 25.3 Å². The van der Waals surface area contributed by atoms with Crippen molar-refractivity contribution in [1.82, 2.24) is 4.90 Å². The first kappa shape index (κ1) is 27.7. The number of carbonyl (C=O) groups excluding carboxylic acids is 1. The van der Waals surface area contributed by atoms with Crippen molar-refractivity contribution in [2.24, 2.45) is 17.8 Å². The molecule has 2 saturated heterocycles. The van der Waals surface area contributed by atoms with E-state index in [4.69, 9.17) is 9.47 Å². The summed E-state index contributed by atoms with van der Waals surface area (Å²) in [5.74, 6) is 1.74. The SMILES string of the molecule is C=CCC1[C@@H](C)CC([C@@H](C)O)N1C(=O)OC(C)(C)C.C=CC[C@@H]1O[C@H](C)[C@H](C)C[C@@H]1C. The summed E-state index contributed by atoms with van der Waals surface area (Å²) in [7, 11) is 0. The zero-order valence-electron chi connectivity index (χ0n) is 21.1. The highest BCUT2D eigenvalue weighted by Crippen LogP contribution is 2.35. The van der Waals surface area contributed by atoms with Gasteiger partial charge in [0.25, 0.3) is 0 Å². The summed E-state index contributed by atoms with van der Waals surface area (Å²) in [5.41, 5.74) is -0.523. The van der Waals surface area contributed by atoms with E-state index < -0.39 is 11.7 Å². The van der Waals surface area contributed by atoms with E-state index in [0.717, 1.165) is 19.3 Å². The highest BCUT2D eigenvalue weighted by Gasteiger charge is 2.44. The molecular weight excluding hydrogens is 390 g/mol. The summed E-state index contributed by atoms with van der Waals surface area (Å²) >= 11 is 0. The van der Waals surface area contributed by atoms with Crippen LogP contribution in [-0.4, -0.2) is 52.1 Å². The van der Waals surface area contributed by atoms with Crippen molar-refractivity contribution >= 4 is 6.09 Å². The average Bonchev–Trinajstić information content (AvgIpc) is 2.96. The monoisotopic (exact) mass is 437 g/mol. The third-order valence-electron chi connectivity index (χ3n) is 6.52. The van der Waals surface area contributed by atoms with Gasteiger partial charge in [-0.2, -0.15) is 0 Å². The van der Waals surface area contributed by atoms with E-state index >= 15 is 0 Å². The molecule has 0 aromatic carbocycles. The Kier molecular flexibility index (Phi) is 10.8. The largest absolute Gasteiger partial charge is 0.444 e. The summed E-state index contributed by atoms with van der Waals surface area (Å²) in [6, 6.07) is -0.109. The van der Waals surface area contributed by atoms with Crippen LogP contribution in [0.2, 0.25) is 0 Å². The molecule has 0 saturated carbocycles. The molecule has 8 atom stereocenters. The van der Waals surface area contributed by atoms with Crippen molar-refractivity contribution in [1.29, 1.82) is 0 Å². The normalized spacial score (nSPS) is 34.4. The minimum absolute atomic E-state index is 0.0620. The number of aliphatic hydroxyl groups excluding tert-OH is 1. The van der Waals surface area contributed by atoms with Gasteiger partial charge in [-0.15, -0.1) is 13.2 Å². The number of hydrogen-bond donors (Lipinski definition) is 1. The Morgan fingerprint density at radius 2 is 1.68 bits per heavy atom. The van der Waals surface area contributed by atoms with Gasteiger partial charge in [-0.25, -0.2) is 4.79 Å². The van der Waals surface area contributed by atoms with Crippen LogP contribution < -0.4 is 0 Å². The summed E-state index contributed by atoms with van der Waals surface area (Å²) in [6.45, 7) is 23.6. The third-order valence-corrected chi connectivity index (χ3v) is 6.52. The topological polar surface area (TPSA) is 59.0 Å². The lowest BCUT2D eigenvalue weighted by Gasteiger charge is -2.37. The maximum atomic E-state index is 12.4. The molecule has 0 bridgehead atoms. The molecule has 180 valence electrons. The maximum Gasteiger partial charge on any atom is 0.410 e. The van der Waals surface area contributed by atoms with Gasteiger partial charge in [-0.3, -0.25) is 4.90 Å². The van der Waals surface area contributed by atoms with Crippen LogP contribution >= 0.6 is 0 Å². The fraction of sp³-hybridized carbons (Fsp3) is 0.808. The highest BCUT2D eigenvalue weighted by molar-refractivity contribution is 5.69. The molecule has 5 nitrogen and oxygen atoms in total. The average molecular weight is 438 g/mol. The predicted molar refractivity (Wildman–Crippen MR) is 128 cm³/mol. The number of carbonyl (C=O) groups is 1. The molecule has 5 heteroatoms. The Morgan fingerprint density at radius 3 is 2.16 bits per heavy atom. The molecule has 0 radical (unpaired) electrons. The number of aliphatic hydroxyl groups is 1. The Morgan fingerprint density at radius 1 is 1.10 bits per heavy atom. The Labute approximate surface area is 190 Å². The molecule has 0 aromatic rings. The van der Waals surface area contributed by atoms with Gasteiger partial charge in [0.05, 0.1) is 24.4 Å². The minimum Gasteiger partial charge on any atom is -0.444 e. The Hall–Kier alpha value is -1.33. The number of ether oxygens (including phenoxy) is 2. The lowest BCUT2D eigenvalue weighted by Crippen LogP contribution is -2.48. The second-order valence-corrected chi connectivity index (χ2v) is 10.6. The van der Waals surface area contributed by atoms with E-state index in [9.17, 15) is 9.90 Å². The molecule has 2 aliphatic rings. The molecule has 1 amide bonds. The molecule has 2 fully saturated rings. The highest BCUT2D eigenvalue weighted by atomic mass is 16.6. The molecule has 2 rings (SSSR count).